The summed E-state index contributed by atoms with van der Waals surface area (Å²) in [4.78, 5) is 14.4. The lowest BCUT2D eigenvalue weighted by Crippen LogP contribution is -2.43. The summed E-state index contributed by atoms with van der Waals surface area (Å²) in [6.07, 6.45) is 2.49. The third kappa shape index (κ3) is 4.12. The smallest absolute Gasteiger partial charge is 0.318 e. The first kappa shape index (κ1) is 17.3. The molecule has 0 aromatic heterocycles. The SMILES string of the molecule is O=C(NCCc1cccc(O)c1)N(CCO)C1CCc2ccccc21. The van der Waals surface area contributed by atoms with Gasteiger partial charge < -0.3 is 20.4 Å². The monoisotopic (exact) mass is 340 g/mol. The summed E-state index contributed by atoms with van der Waals surface area (Å²) in [5.41, 5.74) is 3.43. The minimum absolute atomic E-state index is 0.0177. The van der Waals surface area contributed by atoms with E-state index in [4.69, 9.17) is 0 Å². The van der Waals surface area contributed by atoms with E-state index in [0.717, 1.165) is 18.4 Å². The number of carbonyl (C=O) groups excluding carboxylic acids is 1. The van der Waals surface area contributed by atoms with Crippen molar-refractivity contribution in [1.29, 1.82) is 0 Å². The Balaban J connectivity index is 1.62. The molecule has 1 atom stereocenters. The van der Waals surface area contributed by atoms with Crippen LogP contribution < -0.4 is 5.32 Å². The third-order valence-electron chi connectivity index (χ3n) is 4.68. The Kier molecular flexibility index (Phi) is 5.56. The highest BCUT2D eigenvalue weighted by Crippen LogP contribution is 2.35. The summed E-state index contributed by atoms with van der Waals surface area (Å²) >= 11 is 0. The van der Waals surface area contributed by atoms with E-state index < -0.39 is 0 Å². The average Bonchev–Trinajstić information content (AvgIpc) is 3.03. The van der Waals surface area contributed by atoms with E-state index >= 15 is 0 Å². The van der Waals surface area contributed by atoms with Crippen molar-refractivity contribution >= 4 is 6.03 Å². The first-order valence-electron chi connectivity index (χ1n) is 8.70. The number of rotatable bonds is 6. The predicted octanol–water partition coefficient (Wildman–Crippen LogP) is 2.63. The molecule has 0 radical (unpaired) electrons. The highest BCUT2D eigenvalue weighted by Gasteiger charge is 2.30. The molecule has 2 amide bonds. The van der Waals surface area contributed by atoms with E-state index in [0.29, 0.717) is 19.5 Å². The fourth-order valence-corrected chi connectivity index (χ4v) is 3.49. The number of aliphatic hydroxyl groups excluding tert-OH is 1. The van der Waals surface area contributed by atoms with Gasteiger partial charge in [0, 0.05) is 13.1 Å². The molecule has 0 aliphatic heterocycles. The van der Waals surface area contributed by atoms with Gasteiger partial charge in [-0.2, -0.15) is 0 Å². The van der Waals surface area contributed by atoms with Crippen molar-refractivity contribution < 1.29 is 15.0 Å². The number of amides is 2. The average molecular weight is 340 g/mol. The Morgan fingerprint density at radius 1 is 1.20 bits per heavy atom. The normalized spacial score (nSPS) is 15.6. The Morgan fingerprint density at radius 2 is 2.04 bits per heavy atom. The minimum Gasteiger partial charge on any atom is -0.508 e. The number of benzene rings is 2. The molecular weight excluding hydrogens is 316 g/mol. The Hall–Kier alpha value is -2.53. The molecule has 1 aliphatic rings. The maximum atomic E-state index is 12.6. The van der Waals surface area contributed by atoms with Crippen LogP contribution in [0, 0.1) is 0 Å². The maximum Gasteiger partial charge on any atom is 0.318 e. The van der Waals surface area contributed by atoms with Crippen LogP contribution in [0.5, 0.6) is 5.75 Å². The number of aliphatic hydroxyl groups is 1. The summed E-state index contributed by atoms with van der Waals surface area (Å²) in [6, 6.07) is 15.1. The Morgan fingerprint density at radius 3 is 2.84 bits per heavy atom. The molecule has 0 bridgehead atoms. The molecule has 2 aromatic carbocycles. The van der Waals surface area contributed by atoms with Gasteiger partial charge in [-0.05, 0) is 48.1 Å². The molecule has 25 heavy (non-hydrogen) atoms. The molecule has 1 aliphatic carbocycles. The molecule has 0 saturated carbocycles. The standard InChI is InChI=1S/C20H24N2O3/c23-13-12-22(19-9-8-16-5-1-2-7-18(16)19)20(25)21-11-10-15-4-3-6-17(24)14-15/h1-7,14,19,23-24H,8-13H2,(H,21,25). The van der Waals surface area contributed by atoms with E-state index in [9.17, 15) is 15.0 Å². The van der Waals surface area contributed by atoms with E-state index in [2.05, 4.69) is 17.4 Å². The van der Waals surface area contributed by atoms with Crippen LogP contribution in [0.4, 0.5) is 4.79 Å². The van der Waals surface area contributed by atoms with Crippen molar-refractivity contribution in [3.63, 3.8) is 0 Å². The summed E-state index contributed by atoms with van der Waals surface area (Å²) in [7, 11) is 0. The number of fused-ring (bicyclic) bond motifs is 1. The van der Waals surface area contributed by atoms with Crippen LogP contribution in [0.1, 0.15) is 29.2 Å². The van der Waals surface area contributed by atoms with Crippen molar-refractivity contribution in [2.24, 2.45) is 0 Å². The van der Waals surface area contributed by atoms with Crippen molar-refractivity contribution in [3.05, 3.63) is 65.2 Å². The number of phenolic OH excluding ortho intramolecular Hbond substituents is 1. The zero-order chi connectivity index (χ0) is 17.6. The maximum absolute atomic E-state index is 12.6. The summed E-state index contributed by atoms with van der Waals surface area (Å²) in [6.45, 7) is 0.744. The van der Waals surface area contributed by atoms with Crippen LogP contribution in [0.2, 0.25) is 0 Å². The Bertz CT molecular complexity index is 732. The molecule has 0 heterocycles. The zero-order valence-electron chi connectivity index (χ0n) is 14.2. The largest absolute Gasteiger partial charge is 0.508 e. The molecule has 0 fully saturated rings. The summed E-state index contributed by atoms with van der Waals surface area (Å²) < 4.78 is 0. The molecule has 3 N–H and O–H groups in total. The minimum atomic E-state index is -0.157. The molecule has 2 aromatic rings. The summed E-state index contributed by atoms with van der Waals surface area (Å²) in [5.74, 6) is 0.230. The number of urea groups is 1. The lowest BCUT2D eigenvalue weighted by atomic mass is 10.1. The van der Waals surface area contributed by atoms with Crippen LogP contribution in [0.25, 0.3) is 0 Å². The number of nitrogens with one attached hydrogen (secondary N) is 1. The second-order valence-corrected chi connectivity index (χ2v) is 6.32. The predicted molar refractivity (Wildman–Crippen MR) is 96.5 cm³/mol. The second kappa shape index (κ2) is 8.03. The van der Waals surface area contributed by atoms with Crippen LogP contribution >= 0.6 is 0 Å². The molecule has 5 nitrogen and oxygen atoms in total. The van der Waals surface area contributed by atoms with Crippen molar-refractivity contribution in [2.75, 3.05) is 19.7 Å². The number of aromatic hydroxyl groups is 1. The number of hydrogen-bond donors (Lipinski definition) is 3. The Labute approximate surface area is 147 Å². The van der Waals surface area contributed by atoms with Crippen molar-refractivity contribution in [2.45, 2.75) is 25.3 Å². The third-order valence-corrected chi connectivity index (χ3v) is 4.68. The highest BCUT2D eigenvalue weighted by atomic mass is 16.3. The lowest BCUT2D eigenvalue weighted by Gasteiger charge is -2.29. The number of phenols is 1. The van der Waals surface area contributed by atoms with Gasteiger partial charge >= 0.3 is 6.03 Å². The van der Waals surface area contributed by atoms with E-state index in [-0.39, 0.29) is 24.4 Å². The van der Waals surface area contributed by atoms with Gasteiger partial charge in [0.1, 0.15) is 5.75 Å². The van der Waals surface area contributed by atoms with Gasteiger partial charge in [-0.1, -0.05) is 36.4 Å². The molecule has 3 rings (SSSR count). The first-order chi connectivity index (χ1) is 12.2. The fourth-order valence-electron chi connectivity index (χ4n) is 3.49. The molecular formula is C20H24N2O3. The number of aryl methyl sites for hydroxylation is 1. The van der Waals surface area contributed by atoms with E-state index in [1.54, 1.807) is 23.1 Å². The van der Waals surface area contributed by atoms with Crippen molar-refractivity contribution in [3.8, 4) is 5.75 Å². The van der Waals surface area contributed by atoms with Crippen LogP contribution in [-0.2, 0) is 12.8 Å². The van der Waals surface area contributed by atoms with Gasteiger partial charge in [0.05, 0.1) is 12.6 Å². The molecule has 1 unspecified atom stereocenters. The van der Waals surface area contributed by atoms with Gasteiger partial charge in [-0.25, -0.2) is 4.79 Å². The zero-order valence-corrected chi connectivity index (χ0v) is 14.2. The number of nitrogens with zero attached hydrogens (tertiary/aromatic N) is 1. The van der Waals surface area contributed by atoms with Gasteiger partial charge in [0.15, 0.2) is 0 Å². The molecule has 0 spiro atoms. The quantitative estimate of drug-likeness (QED) is 0.757. The van der Waals surface area contributed by atoms with E-state index in [1.165, 1.54) is 11.1 Å². The number of hydrogen-bond acceptors (Lipinski definition) is 3. The fraction of sp³-hybridized carbons (Fsp3) is 0.350. The molecule has 0 saturated heterocycles. The highest BCUT2D eigenvalue weighted by molar-refractivity contribution is 5.75. The topological polar surface area (TPSA) is 72.8 Å². The summed E-state index contributed by atoms with van der Waals surface area (Å²) in [5, 5.41) is 21.8. The van der Waals surface area contributed by atoms with Gasteiger partial charge in [0.2, 0.25) is 0 Å². The van der Waals surface area contributed by atoms with Gasteiger partial charge in [-0.3, -0.25) is 0 Å². The van der Waals surface area contributed by atoms with Gasteiger partial charge in [0.25, 0.3) is 0 Å². The second-order valence-electron chi connectivity index (χ2n) is 6.32. The first-order valence-corrected chi connectivity index (χ1v) is 8.70. The van der Waals surface area contributed by atoms with Crippen LogP contribution in [0.3, 0.4) is 0 Å². The van der Waals surface area contributed by atoms with Gasteiger partial charge in [-0.15, -0.1) is 0 Å². The van der Waals surface area contributed by atoms with E-state index in [1.807, 2.05) is 18.2 Å². The number of carbonyl (C=O) groups is 1. The molecule has 132 valence electrons. The van der Waals surface area contributed by atoms with Crippen LogP contribution in [-0.4, -0.2) is 40.8 Å². The lowest BCUT2D eigenvalue weighted by molar-refractivity contribution is 0.151. The molecule has 5 heteroatoms. The van der Waals surface area contributed by atoms with Crippen LogP contribution in [0.15, 0.2) is 48.5 Å². The van der Waals surface area contributed by atoms with Crippen molar-refractivity contribution in [1.82, 2.24) is 10.2 Å².